The largest absolute Gasteiger partial charge is 0.453 e. The third kappa shape index (κ3) is 3.72. The van der Waals surface area contributed by atoms with Crippen LogP contribution in [0.5, 0.6) is 0 Å². The number of aromatic amines is 1. The molecule has 112 valence electrons. The predicted molar refractivity (Wildman–Crippen MR) is 76.6 cm³/mol. The van der Waals surface area contributed by atoms with Crippen molar-refractivity contribution in [2.24, 2.45) is 0 Å². The fourth-order valence-electron chi connectivity index (χ4n) is 1.54. The van der Waals surface area contributed by atoms with Crippen molar-refractivity contribution in [2.75, 3.05) is 17.1 Å². The number of aryl methyl sites for hydroxylation is 1. The number of nitrogens with zero attached hydrogens (tertiary/aromatic N) is 1. The molecule has 2 rings (SSSR count). The number of aromatic nitrogens is 2. The minimum Gasteiger partial charge on any atom is -0.453 e. The number of carbonyl (C=O) groups is 1. The van der Waals surface area contributed by atoms with E-state index in [0.29, 0.717) is 17.2 Å². The number of amides is 1. The van der Waals surface area contributed by atoms with Crippen molar-refractivity contribution in [3.63, 3.8) is 0 Å². The summed E-state index contributed by atoms with van der Waals surface area (Å²) in [5.74, 6) is 0.507. The van der Waals surface area contributed by atoms with Gasteiger partial charge in [-0.15, -0.1) is 0 Å². The smallest absolute Gasteiger partial charge is 0.411 e. The molecule has 1 heterocycles. The molecule has 0 aliphatic carbocycles. The molecular weight excluding hydrogens is 296 g/mol. The first-order valence-corrected chi connectivity index (χ1v) is 7.38. The van der Waals surface area contributed by atoms with Gasteiger partial charge in [-0.2, -0.15) is 8.42 Å². The Bertz CT molecular complexity index is 737. The van der Waals surface area contributed by atoms with Gasteiger partial charge in [0.1, 0.15) is 5.82 Å². The first kappa shape index (κ1) is 14.9. The van der Waals surface area contributed by atoms with E-state index in [4.69, 9.17) is 0 Å². The van der Waals surface area contributed by atoms with Crippen molar-refractivity contribution in [1.29, 1.82) is 0 Å². The Morgan fingerprint density at radius 2 is 1.86 bits per heavy atom. The Kier molecular flexibility index (Phi) is 4.13. The van der Waals surface area contributed by atoms with Gasteiger partial charge in [-0.3, -0.25) is 10.0 Å². The topological polar surface area (TPSA) is 113 Å². The summed E-state index contributed by atoms with van der Waals surface area (Å²) < 4.78 is 31.0. The van der Waals surface area contributed by atoms with Gasteiger partial charge in [-0.1, -0.05) is 0 Å². The maximum absolute atomic E-state index is 12.1. The molecular formula is C12H14N4O4S. The highest BCUT2D eigenvalue weighted by Crippen LogP contribution is 2.17. The number of imidazole rings is 1. The van der Waals surface area contributed by atoms with Crippen LogP contribution in [-0.4, -0.2) is 31.6 Å². The van der Waals surface area contributed by atoms with Gasteiger partial charge in [0.15, 0.2) is 5.03 Å². The zero-order valence-corrected chi connectivity index (χ0v) is 12.2. The molecule has 3 N–H and O–H groups in total. The van der Waals surface area contributed by atoms with Crippen molar-refractivity contribution in [1.82, 2.24) is 9.97 Å². The standard InChI is InChI=1S/C12H14N4O4S/c1-8-13-7-11(14-8)21(18,19)16-10-5-3-9(4-6-10)15-12(17)20-2/h3-7,16H,1-2H3,(H,13,14)(H,15,17). The summed E-state index contributed by atoms with van der Waals surface area (Å²) in [6, 6.07) is 6.14. The Hall–Kier alpha value is -2.55. The molecule has 0 unspecified atom stereocenters. The first-order valence-electron chi connectivity index (χ1n) is 5.90. The van der Waals surface area contributed by atoms with Crippen LogP contribution in [0.15, 0.2) is 35.5 Å². The minimum absolute atomic E-state index is 0.0169. The average molecular weight is 310 g/mol. The van der Waals surface area contributed by atoms with Crippen LogP contribution in [0.3, 0.4) is 0 Å². The molecule has 1 aromatic heterocycles. The number of sulfonamides is 1. The molecule has 0 atom stereocenters. The Labute approximate surface area is 121 Å². The van der Waals surface area contributed by atoms with E-state index >= 15 is 0 Å². The maximum atomic E-state index is 12.1. The van der Waals surface area contributed by atoms with E-state index in [0.717, 1.165) is 0 Å². The van der Waals surface area contributed by atoms with E-state index in [1.807, 2.05) is 0 Å². The lowest BCUT2D eigenvalue weighted by Gasteiger charge is -2.08. The van der Waals surface area contributed by atoms with Crippen LogP contribution in [0, 0.1) is 6.92 Å². The summed E-state index contributed by atoms with van der Waals surface area (Å²) in [4.78, 5) is 17.5. The lowest BCUT2D eigenvalue weighted by atomic mass is 10.3. The van der Waals surface area contributed by atoms with Crippen molar-refractivity contribution < 1.29 is 17.9 Å². The normalized spacial score (nSPS) is 11.0. The van der Waals surface area contributed by atoms with Gasteiger partial charge in [-0.25, -0.2) is 9.78 Å². The van der Waals surface area contributed by atoms with Crippen LogP contribution in [-0.2, 0) is 14.8 Å². The summed E-state index contributed by atoms with van der Waals surface area (Å²) >= 11 is 0. The van der Waals surface area contributed by atoms with E-state index in [2.05, 4.69) is 24.7 Å². The minimum atomic E-state index is -3.71. The van der Waals surface area contributed by atoms with Crippen LogP contribution < -0.4 is 10.0 Å². The van der Waals surface area contributed by atoms with Crippen molar-refractivity contribution in [2.45, 2.75) is 11.9 Å². The molecule has 0 spiro atoms. The van der Waals surface area contributed by atoms with E-state index in [1.165, 1.54) is 25.4 Å². The molecule has 0 saturated heterocycles. The Morgan fingerprint density at radius 3 is 2.38 bits per heavy atom. The summed E-state index contributed by atoms with van der Waals surface area (Å²) in [6.45, 7) is 1.66. The number of hydrogen-bond acceptors (Lipinski definition) is 5. The van der Waals surface area contributed by atoms with Crippen LogP contribution in [0.2, 0.25) is 0 Å². The second-order valence-corrected chi connectivity index (χ2v) is 5.78. The molecule has 1 aromatic carbocycles. The lowest BCUT2D eigenvalue weighted by Crippen LogP contribution is -2.14. The van der Waals surface area contributed by atoms with Gasteiger partial charge < -0.3 is 9.72 Å². The third-order valence-corrected chi connectivity index (χ3v) is 3.83. The maximum Gasteiger partial charge on any atom is 0.411 e. The van der Waals surface area contributed by atoms with E-state index < -0.39 is 16.1 Å². The van der Waals surface area contributed by atoms with E-state index in [9.17, 15) is 13.2 Å². The second-order valence-electron chi connectivity index (χ2n) is 4.13. The fourth-order valence-corrected chi connectivity index (χ4v) is 2.57. The number of methoxy groups -OCH3 is 1. The van der Waals surface area contributed by atoms with Gasteiger partial charge in [-0.05, 0) is 31.2 Å². The number of hydrogen-bond donors (Lipinski definition) is 3. The second kappa shape index (κ2) is 5.83. The molecule has 0 aliphatic heterocycles. The highest BCUT2D eigenvalue weighted by atomic mass is 32.2. The number of nitrogens with one attached hydrogen (secondary N) is 3. The van der Waals surface area contributed by atoms with Crippen LogP contribution in [0.4, 0.5) is 16.2 Å². The summed E-state index contributed by atoms with van der Waals surface area (Å²) in [5, 5.41) is 2.45. The highest BCUT2D eigenvalue weighted by Gasteiger charge is 2.16. The molecule has 0 bridgehead atoms. The Morgan fingerprint density at radius 1 is 1.24 bits per heavy atom. The lowest BCUT2D eigenvalue weighted by molar-refractivity contribution is 0.187. The van der Waals surface area contributed by atoms with Gasteiger partial charge in [0.25, 0.3) is 10.0 Å². The van der Waals surface area contributed by atoms with Gasteiger partial charge in [0.2, 0.25) is 0 Å². The van der Waals surface area contributed by atoms with Crippen LogP contribution in [0.1, 0.15) is 5.82 Å². The predicted octanol–water partition coefficient (Wildman–Crippen LogP) is 1.70. The third-order valence-electron chi connectivity index (χ3n) is 2.54. The SMILES string of the molecule is COC(=O)Nc1ccc(NS(=O)(=O)c2cnc(C)[nH]2)cc1. The number of benzene rings is 1. The zero-order chi connectivity index (χ0) is 15.5. The van der Waals surface area contributed by atoms with Gasteiger partial charge in [0.05, 0.1) is 13.3 Å². The van der Waals surface area contributed by atoms with Crippen molar-refractivity contribution in [3.05, 3.63) is 36.3 Å². The molecule has 0 saturated carbocycles. The quantitative estimate of drug-likeness (QED) is 0.795. The molecule has 9 heteroatoms. The van der Waals surface area contributed by atoms with Gasteiger partial charge >= 0.3 is 6.09 Å². The molecule has 2 aromatic rings. The molecule has 1 amide bonds. The van der Waals surface area contributed by atoms with Crippen molar-refractivity contribution in [3.8, 4) is 0 Å². The van der Waals surface area contributed by atoms with Crippen LogP contribution >= 0.6 is 0 Å². The number of ether oxygens (including phenoxy) is 1. The van der Waals surface area contributed by atoms with Crippen molar-refractivity contribution >= 4 is 27.5 Å². The van der Waals surface area contributed by atoms with Crippen LogP contribution in [0.25, 0.3) is 0 Å². The summed E-state index contributed by atoms with van der Waals surface area (Å²) in [5.41, 5.74) is 0.847. The molecule has 21 heavy (non-hydrogen) atoms. The molecule has 8 nitrogen and oxygen atoms in total. The summed E-state index contributed by atoms with van der Waals surface area (Å²) in [7, 11) is -2.46. The van der Waals surface area contributed by atoms with E-state index in [1.54, 1.807) is 19.1 Å². The number of carbonyl (C=O) groups excluding carboxylic acids is 1. The molecule has 0 radical (unpaired) electrons. The zero-order valence-electron chi connectivity index (χ0n) is 11.4. The molecule has 0 aliphatic rings. The summed E-state index contributed by atoms with van der Waals surface area (Å²) in [6.07, 6.45) is 0.640. The highest BCUT2D eigenvalue weighted by molar-refractivity contribution is 7.92. The average Bonchev–Trinajstić information content (AvgIpc) is 2.88. The Balaban J connectivity index is 2.11. The monoisotopic (exact) mass is 310 g/mol. The molecule has 0 fully saturated rings. The van der Waals surface area contributed by atoms with Gasteiger partial charge in [0, 0.05) is 11.4 Å². The number of anilines is 2. The van der Waals surface area contributed by atoms with E-state index in [-0.39, 0.29) is 5.03 Å². The fraction of sp³-hybridized carbons (Fsp3) is 0.167. The number of rotatable bonds is 4. The number of H-pyrrole nitrogens is 1. The first-order chi connectivity index (χ1) is 9.90.